The van der Waals surface area contributed by atoms with Crippen LogP contribution in [0.25, 0.3) is 0 Å². The summed E-state index contributed by atoms with van der Waals surface area (Å²) >= 11 is 0. The summed E-state index contributed by atoms with van der Waals surface area (Å²) in [6.45, 7) is 10.8. The average Bonchev–Trinajstić information content (AvgIpc) is 3.63. The molecule has 0 amide bonds. The van der Waals surface area contributed by atoms with Gasteiger partial charge in [-0.25, -0.2) is 0 Å². The SMILES string of the molecule is CC(C1CC(CN)C(CCNC2CCC(N3CC4CNCC4CC3C)CP2)N1C1CCCC1)N(C)C. The molecule has 0 aromatic heterocycles. The highest BCUT2D eigenvalue weighted by molar-refractivity contribution is 7.39. The van der Waals surface area contributed by atoms with Crippen molar-refractivity contribution in [2.45, 2.75) is 114 Å². The zero-order chi connectivity index (χ0) is 25.2. The summed E-state index contributed by atoms with van der Waals surface area (Å²) in [5, 5.41) is 7.70. The monoisotopic (exact) mass is 520 g/mol. The van der Waals surface area contributed by atoms with E-state index in [9.17, 15) is 0 Å². The van der Waals surface area contributed by atoms with E-state index in [1.165, 1.54) is 90.1 Å². The highest BCUT2D eigenvalue weighted by Gasteiger charge is 2.46. The number of hydrogen-bond donors (Lipinski definition) is 3. The van der Waals surface area contributed by atoms with Crippen molar-refractivity contribution in [3.05, 3.63) is 0 Å². The van der Waals surface area contributed by atoms with Crippen molar-refractivity contribution in [1.29, 1.82) is 0 Å². The smallest absolute Gasteiger partial charge is 0.0258 e. The molecular formula is C29H57N6P. The first-order chi connectivity index (χ1) is 17.5. The molecule has 36 heavy (non-hydrogen) atoms. The van der Waals surface area contributed by atoms with Crippen LogP contribution < -0.4 is 16.4 Å². The summed E-state index contributed by atoms with van der Waals surface area (Å²) in [4.78, 5) is 8.33. The van der Waals surface area contributed by atoms with Gasteiger partial charge in [0.25, 0.3) is 0 Å². The number of nitrogens with zero attached hydrogens (tertiary/aromatic N) is 3. The minimum Gasteiger partial charge on any atom is -0.330 e. The van der Waals surface area contributed by atoms with Gasteiger partial charge in [0.05, 0.1) is 0 Å². The number of likely N-dealkylation sites (tertiary alicyclic amines) is 2. The fourth-order valence-electron chi connectivity index (χ4n) is 8.76. The molecule has 4 heterocycles. The molecule has 6 nitrogen and oxygen atoms in total. The van der Waals surface area contributed by atoms with E-state index in [2.05, 4.69) is 53.3 Å². The van der Waals surface area contributed by atoms with Crippen LogP contribution >= 0.6 is 8.58 Å². The predicted molar refractivity (Wildman–Crippen MR) is 155 cm³/mol. The number of nitrogens with one attached hydrogen (secondary N) is 2. The zero-order valence-corrected chi connectivity index (χ0v) is 24.8. The Hall–Kier alpha value is 0.190. The topological polar surface area (TPSA) is 59.8 Å². The first kappa shape index (κ1) is 27.7. The van der Waals surface area contributed by atoms with Crippen molar-refractivity contribution in [3.8, 4) is 0 Å². The fraction of sp³-hybridized carbons (Fsp3) is 1.00. The lowest BCUT2D eigenvalue weighted by atomic mass is 9.84. The first-order valence-electron chi connectivity index (χ1n) is 15.5. The summed E-state index contributed by atoms with van der Waals surface area (Å²) in [6, 6.07) is 4.33. The Morgan fingerprint density at radius 2 is 1.83 bits per heavy atom. The molecule has 0 aromatic rings. The van der Waals surface area contributed by atoms with Crippen LogP contribution in [0.3, 0.4) is 0 Å². The summed E-state index contributed by atoms with van der Waals surface area (Å²) < 4.78 is 0. The summed E-state index contributed by atoms with van der Waals surface area (Å²) in [6.07, 6.45) is 13.8. The van der Waals surface area contributed by atoms with Gasteiger partial charge in [0.2, 0.25) is 0 Å². The Bertz CT molecular complexity index is 679. The lowest BCUT2D eigenvalue weighted by Gasteiger charge is -2.46. The maximum absolute atomic E-state index is 6.40. The summed E-state index contributed by atoms with van der Waals surface area (Å²) in [7, 11) is 5.59. The third kappa shape index (κ3) is 6.01. The molecule has 10 atom stereocenters. The highest BCUT2D eigenvalue weighted by atomic mass is 31.1. The molecule has 1 saturated carbocycles. The van der Waals surface area contributed by atoms with Crippen LogP contribution in [0.15, 0.2) is 0 Å². The van der Waals surface area contributed by atoms with Crippen LogP contribution in [0.4, 0.5) is 0 Å². The van der Waals surface area contributed by atoms with Crippen LogP contribution in [-0.2, 0) is 0 Å². The van der Waals surface area contributed by atoms with Gasteiger partial charge in [0.1, 0.15) is 0 Å². The second kappa shape index (κ2) is 12.6. The van der Waals surface area contributed by atoms with E-state index in [1.54, 1.807) is 0 Å². The van der Waals surface area contributed by atoms with E-state index in [1.807, 2.05) is 0 Å². The molecule has 7 heteroatoms. The molecular weight excluding hydrogens is 463 g/mol. The van der Waals surface area contributed by atoms with Crippen molar-refractivity contribution >= 4 is 8.58 Å². The van der Waals surface area contributed by atoms with Gasteiger partial charge in [-0.1, -0.05) is 12.8 Å². The third-order valence-electron chi connectivity index (χ3n) is 11.1. The van der Waals surface area contributed by atoms with Crippen LogP contribution in [0.5, 0.6) is 0 Å². The summed E-state index contributed by atoms with van der Waals surface area (Å²) in [5.74, 6) is 3.25. The van der Waals surface area contributed by atoms with Gasteiger partial charge in [-0.15, -0.1) is 8.58 Å². The van der Waals surface area contributed by atoms with Gasteiger partial charge < -0.3 is 21.3 Å². The van der Waals surface area contributed by atoms with E-state index in [-0.39, 0.29) is 0 Å². The van der Waals surface area contributed by atoms with Gasteiger partial charge in [-0.3, -0.25) is 9.80 Å². The second-order valence-electron chi connectivity index (χ2n) is 13.4. The molecule has 0 spiro atoms. The van der Waals surface area contributed by atoms with E-state index in [0.717, 1.165) is 50.9 Å². The summed E-state index contributed by atoms with van der Waals surface area (Å²) in [5.41, 5.74) is 6.40. The molecule has 4 N–H and O–H groups in total. The van der Waals surface area contributed by atoms with Gasteiger partial charge in [0, 0.05) is 48.6 Å². The van der Waals surface area contributed by atoms with Crippen LogP contribution in [0.1, 0.15) is 71.6 Å². The van der Waals surface area contributed by atoms with Gasteiger partial charge in [-0.2, -0.15) is 0 Å². The van der Waals surface area contributed by atoms with E-state index in [4.69, 9.17) is 5.73 Å². The lowest BCUT2D eigenvalue weighted by molar-refractivity contribution is 0.0553. The molecule has 4 aliphatic heterocycles. The van der Waals surface area contributed by atoms with Gasteiger partial charge in [-0.05, 0) is 123 Å². The first-order valence-corrected chi connectivity index (χ1v) is 16.8. The second-order valence-corrected chi connectivity index (χ2v) is 14.9. The molecule has 5 aliphatic rings. The van der Waals surface area contributed by atoms with Crippen molar-refractivity contribution < 1.29 is 0 Å². The van der Waals surface area contributed by atoms with Crippen molar-refractivity contribution in [1.82, 2.24) is 25.3 Å². The Morgan fingerprint density at radius 1 is 1.06 bits per heavy atom. The van der Waals surface area contributed by atoms with Crippen LogP contribution in [0.2, 0.25) is 0 Å². The molecule has 5 fully saturated rings. The lowest BCUT2D eigenvalue weighted by Crippen LogP contribution is -2.53. The average molecular weight is 521 g/mol. The Morgan fingerprint density at radius 3 is 2.53 bits per heavy atom. The molecule has 10 unspecified atom stereocenters. The van der Waals surface area contributed by atoms with Crippen molar-refractivity contribution in [2.24, 2.45) is 23.5 Å². The number of hydrogen-bond acceptors (Lipinski definition) is 6. The quantitative estimate of drug-likeness (QED) is 0.407. The number of nitrogens with two attached hydrogens (primary N) is 1. The maximum Gasteiger partial charge on any atom is 0.0258 e. The predicted octanol–water partition coefficient (Wildman–Crippen LogP) is 2.97. The molecule has 5 rings (SSSR count). The largest absolute Gasteiger partial charge is 0.330 e. The third-order valence-corrected chi connectivity index (χ3v) is 12.8. The molecule has 1 aliphatic carbocycles. The maximum atomic E-state index is 6.40. The van der Waals surface area contributed by atoms with E-state index >= 15 is 0 Å². The van der Waals surface area contributed by atoms with Gasteiger partial charge >= 0.3 is 0 Å². The van der Waals surface area contributed by atoms with Gasteiger partial charge in [0.15, 0.2) is 0 Å². The minimum atomic E-state index is 0.599. The number of rotatable bonds is 9. The zero-order valence-electron chi connectivity index (χ0n) is 23.8. The van der Waals surface area contributed by atoms with E-state index in [0.29, 0.717) is 24.0 Å². The van der Waals surface area contributed by atoms with E-state index < -0.39 is 0 Å². The molecule has 0 radical (unpaired) electrons. The number of piperidine rings is 1. The standard InChI is InChI=1S/C29H57N6P/c1-20-13-23-16-31-17-24(23)18-34(20)26-9-10-29(36-19-26)32-12-11-27-22(15-30)14-28(21(2)33(3)4)35(27)25-7-5-6-8-25/h20-29,31-32,36H,5-19,30H2,1-4H3. The Labute approximate surface area is 224 Å². The number of likely N-dealkylation sites (N-methyl/N-ethyl adjacent to an activating group) is 1. The van der Waals surface area contributed by atoms with Crippen LogP contribution in [0, 0.1) is 17.8 Å². The number of fused-ring (bicyclic) bond motifs is 1. The van der Waals surface area contributed by atoms with Crippen molar-refractivity contribution in [2.75, 3.05) is 53.0 Å². The van der Waals surface area contributed by atoms with Crippen molar-refractivity contribution in [3.63, 3.8) is 0 Å². The molecule has 0 aromatic carbocycles. The normalized spacial score (nSPS) is 42.5. The fourth-order valence-corrected chi connectivity index (χ4v) is 10.4. The molecule has 208 valence electrons. The molecule has 0 bridgehead atoms. The minimum absolute atomic E-state index is 0.599. The highest BCUT2D eigenvalue weighted by Crippen LogP contribution is 2.41. The van der Waals surface area contributed by atoms with Crippen LogP contribution in [-0.4, -0.2) is 110 Å². The Balaban J connectivity index is 1.11. The Kier molecular flexibility index (Phi) is 9.69. The molecule has 4 saturated heterocycles.